The number of benzene rings is 1. The Morgan fingerprint density at radius 1 is 1.47 bits per heavy atom. The Bertz CT molecular complexity index is 355. The predicted octanol–water partition coefficient (Wildman–Crippen LogP) is 2.28. The zero-order valence-corrected chi connectivity index (χ0v) is 9.23. The van der Waals surface area contributed by atoms with E-state index in [-0.39, 0.29) is 12.1 Å². The van der Waals surface area contributed by atoms with Crippen molar-refractivity contribution in [2.24, 2.45) is 5.73 Å². The maximum absolute atomic E-state index is 6.06. The summed E-state index contributed by atoms with van der Waals surface area (Å²) in [7, 11) is 0. The summed E-state index contributed by atoms with van der Waals surface area (Å²) in [5, 5.41) is 0. The van der Waals surface area contributed by atoms with E-state index in [1.165, 1.54) is 11.1 Å². The first-order chi connectivity index (χ1) is 7.16. The molecule has 0 aliphatic carbocycles. The summed E-state index contributed by atoms with van der Waals surface area (Å²) in [6, 6.07) is 8.13. The van der Waals surface area contributed by atoms with E-state index in [0.29, 0.717) is 0 Å². The molecule has 0 fully saturated rings. The van der Waals surface area contributed by atoms with E-state index >= 15 is 0 Å². The number of fused-ring (bicyclic) bond motifs is 1. The highest BCUT2D eigenvalue weighted by Crippen LogP contribution is 2.29. The summed E-state index contributed by atoms with van der Waals surface area (Å²) in [5.41, 5.74) is 8.56. The van der Waals surface area contributed by atoms with Crippen molar-refractivity contribution in [3.63, 3.8) is 0 Å². The molecule has 0 saturated heterocycles. The molecule has 0 aromatic heterocycles. The van der Waals surface area contributed by atoms with E-state index < -0.39 is 0 Å². The lowest BCUT2D eigenvalue weighted by Crippen LogP contribution is -2.36. The van der Waals surface area contributed by atoms with Crippen molar-refractivity contribution in [2.75, 3.05) is 0 Å². The van der Waals surface area contributed by atoms with Crippen LogP contribution in [0.25, 0.3) is 0 Å². The smallest absolute Gasteiger partial charge is 0.123 e. The van der Waals surface area contributed by atoms with Gasteiger partial charge in [0.15, 0.2) is 0 Å². The van der Waals surface area contributed by atoms with Crippen LogP contribution in [0, 0.1) is 0 Å². The summed E-state index contributed by atoms with van der Waals surface area (Å²) >= 11 is 0. The first-order valence-corrected chi connectivity index (χ1v) is 5.32. The van der Waals surface area contributed by atoms with Gasteiger partial charge >= 0.3 is 0 Å². The molecule has 1 aliphatic heterocycles. The number of hydrogen-bond donors (Lipinski definition) is 1. The van der Waals surface area contributed by atoms with Crippen molar-refractivity contribution in [3.05, 3.63) is 41.5 Å². The van der Waals surface area contributed by atoms with E-state index in [0.717, 1.165) is 12.2 Å². The molecule has 15 heavy (non-hydrogen) atoms. The van der Waals surface area contributed by atoms with Crippen molar-refractivity contribution in [2.45, 2.75) is 32.4 Å². The van der Waals surface area contributed by atoms with Gasteiger partial charge in [-0.15, -0.1) is 0 Å². The Morgan fingerprint density at radius 3 is 2.87 bits per heavy atom. The summed E-state index contributed by atoms with van der Waals surface area (Å²) in [6.45, 7) is 4.11. The Morgan fingerprint density at radius 2 is 2.20 bits per heavy atom. The van der Waals surface area contributed by atoms with Crippen LogP contribution in [0.2, 0.25) is 0 Å². The van der Waals surface area contributed by atoms with Gasteiger partial charge in [-0.1, -0.05) is 29.8 Å². The topological polar surface area (TPSA) is 35.2 Å². The molecule has 2 nitrogen and oxygen atoms in total. The van der Waals surface area contributed by atoms with Crippen LogP contribution < -0.4 is 10.5 Å². The second kappa shape index (κ2) is 4.07. The zero-order valence-electron chi connectivity index (χ0n) is 9.23. The third-order valence-corrected chi connectivity index (χ3v) is 2.63. The van der Waals surface area contributed by atoms with Crippen LogP contribution in [-0.2, 0) is 6.42 Å². The molecule has 1 aliphatic rings. The van der Waals surface area contributed by atoms with Crippen molar-refractivity contribution in [3.8, 4) is 5.75 Å². The Labute approximate surface area is 90.7 Å². The third-order valence-electron chi connectivity index (χ3n) is 2.63. The summed E-state index contributed by atoms with van der Waals surface area (Å²) in [5.74, 6) is 0.986. The lowest BCUT2D eigenvalue weighted by atomic mass is 10.0. The lowest BCUT2D eigenvalue weighted by Gasteiger charge is -2.16. The van der Waals surface area contributed by atoms with Gasteiger partial charge in [0.2, 0.25) is 0 Å². The average molecular weight is 203 g/mol. The van der Waals surface area contributed by atoms with Crippen LogP contribution in [0.3, 0.4) is 0 Å². The molecule has 0 saturated carbocycles. The van der Waals surface area contributed by atoms with Crippen LogP contribution in [0.4, 0.5) is 0 Å². The fourth-order valence-electron chi connectivity index (χ4n) is 1.92. The number of allylic oxidation sites excluding steroid dienone is 1. The van der Waals surface area contributed by atoms with Crippen LogP contribution in [-0.4, -0.2) is 12.1 Å². The normalized spacial score (nSPS) is 20.3. The van der Waals surface area contributed by atoms with E-state index in [4.69, 9.17) is 10.5 Å². The van der Waals surface area contributed by atoms with E-state index in [2.05, 4.69) is 26.0 Å². The highest BCUT2D eigenvalue weighted by atomic mass is 16.5. The maximum atomic E-state index is 6.06. The molecule has 0 bridgehead atoms. The van der Waals surface area contributed by atoms with E-state index in [1.807, 2.05) is 18.2 Å². The average Bonchev–Trinajstić information content (AvgIpc) is 2.59. The predicted molar refractivity (Wildman–Crippen MR) is 62.0 cm³/mol. The molecule has 2 atom stereocenters. The van der Waals surface area contributed by atoms with Crippen LogP contribution in [0.1, 0.15) is 19.4 Å². The van der Waals surface area contributed by atoms with Gasteiger partial charge in [-0.3, -0.25) is 0 Å². The molecule has 0 amide bonds. The van der Waals surface area contributed by atoms with Gasteiger partial charge in [0.05, 0.1) is 6.04 Å². The van der Waals surface area contributed by atoms with Gasteiger partial charge in [-0.05, 0) is 25.5 Å². The molecule has 2 N–H and O–H groups in total. The lowest BCUT2D eigenvalue weighted by molar-refractivity contribution is 0.216. The summed E-state index contributed by atoms with van der Waals surface area (Å²) in [6.07, 6.45) is 3.08. The van der Waals surface area contributed by atoms with Crippen LogP contribution in [0.15, 0.2) is 35.9 Å². The minimum Gasteiger partial charge on any atom is -0.488 e. The molecule has 1 aromatic rings. The van der Waals surface area contributed by atoms with Crippen molar-refractivity contribution in [1.82, 2.24) is 0 Å². The van der Waals surface area contributed by atoms with Crippen molar-refractivity contribution >= 4 is 0 Å². The second-order valence-electron chi connectivity index (χ2n) is 4.29. The second-order valence-corrected chi connectivity index (χ2v) is 4.29. The number of para-hydroxylation sites is 1. The zero-order chi connectivity index (χ0) is 10.8. The Balaban J connectivity index is 2.10. The Kier molecular flexibility index (Phi) is 2.78. The molecule has 1 heterocycles. The standard InChI is InChI=1S/C13H17NO/c1-9(2)7-11(14)13-8-10-5-3-4-6-12(10)15-13/h3-7,11,13H,8,14H2,1-2H3. The minimum atomic E-state index is -0.0117. The van der Waals surface area contributed by atoms with Crippen LogP contribution >= 0.6 is 0 Å². The number of rotatable bonds is 2. The fraction of sp³-hybridized carbons (Fsp3) is 0.385. The number of nitrogens with two attached hydrogens (primary N) is 1. The van der Waals surface area contributed by atoms with Gasteiger partial charge in [-0.25, -0.2) is 0 Å². The quantitative estimate of drug-likeness (QED) is 0.748. The SMILES string of the molecule is CC(C)=CC(N)C1Cc2ccccc2O1. The first-order valence-electron chi connectivity index (χ1n) is 5.32. The number of ether oxygens (including phenoxy) is 1. The molecule has 0 spiro atoms. The first kappa shape index (κ1) is 10.2. The molecule has 1 aromatic carbocycles. The molecular weight excluding hydrogens is 186 g/mol. The summed E-state index contributed by atoms with van der Waals surface area (Å²) < 4.78 is 5.80. The van der Waals surface area contributed by atoms with Gasteiger partial charge in [0, 0.05) is 6.42 Å². The van der Waals surface area contributed by atoms with E-state index in [9.17, 15) is 0 Å². The van der Waals surface area contributed by atoms with Gasteiger partial charge in [0.25, 0.3) is 0 Å². The monoisotopic (exact) mass is 203 g/mol. The molecule has 2 rings (SSSR count). The van der Waals surface area contributed by atoms with Crippen molar-refractivity contribution < 1.29 is 4.74 Å². The molecule has 2 unspecified atom stereocenters. The largest absolute Gasteiger partial charge is 0.488 e. The highest BCUT2D eigenvalue weighted by Gasteiger charge is 2.26. The molecule has 2 heteroatoms. The molecular formula is C13H17NO. The minimum absolute atomic E-state index is 0.0117. The third kappa shape index (κ3) is 2.21. The summed E-state index contributed by atoms with van der Waals surface area (Å²) in [4.78, 5) is 0. The number of hydrogen-bond acceptors (Lipinski definition) is 2. The van der Waals surface area contributed by atoms with Gasteiger partial charge in [0.1, 0.15) is 11.9 Å². The Hall–Kier alpha value is -1.28. The van der Waals surface area contributed by atoms with Crippen LogP contribution in [0.5, 0.6) is 5.75 Å². The highest BCUT2D eigenvalue weighted by molar-refractivity contribution is 5.38. The van der Waals surface area contributed by atoms with Gasteiger partial charge in [-0.2, -0.15) is 0 Å². The van der Waals surface area contributed by atoms with Crippen molar-refractivity contribution in [1.29, 1.82) is 0 Å². The molecule has 80 valence electrons. The maximum Gasteiger partial charge on any atom is 0.123 e. The fourth-order valence-corrected chi connectivity index (χ4v) is 1.92. The molecule has 0 radical (unpaired) electrons. The van der Waals surface area contributed by atoms with Gasteiger partial charge < -0.3 is 10.5 Å². The van der Waals surface area contributed by atoms with E-state index in [1.54, 1.807) is 0 Å².